The van der Waals surface area contributed by atoms with Crippen LogP contribution in [0.3, 0.4) is 0 Å². The second-order valence-corrected chi connectivity index (χ2v) is 3.23. The monoisotopic (exact) mass is 108 g/mol. The molecule has 8 heavy (non-hydrogen) atoms. The van der Waals surface area contributed by atoms with Crippen molar-refractivity contribution in [2.45, 2.75) is 26.2 Å². The van der Waals surface area contributed by atoms with Gasteiger partial charge in [-0.05, 0) is 43.4 Å². The van der Waals surface area contributed by atoms with Gasteiger partial charge in [0.25, 0.3) is 0 Å². The molecule has 3 atom stereocenters. The average Bonchev–Trinajstić information content (AvgIpc) is 2.23. The van der Waals surface area contributed by atoms with Crippen molar-refractivity contribution < 1.29 is 0 Å². The molecule has 2 aliphatic rings. The maximum atomic E-state index is 3.55. The molecule has 2 fully saturated rings. The van der Waals surface area contributed by atoms with E-state index in [4.69, 9.17) is 0 Å². The first-order valence-electron chi connectivity index (χ1n) is 3.62. The average molecular weight is 108 g/mol. The van der Waals surface area contributed by atoms with E-state index in [1.54, 1.807) is 0 Å². The zero-order chi connectivity index (χ0) is 5.56. The van der Waals surface area contributed by atoms with Crippen molar-refractivity contribution in [1.82, 2.24) is 0 Å². The lowest BCUT2D eigenvalue weighted by Crippen LogP contribution is -2.05. The normalized spacial score (nSPS) is 52.9. The second kappa shape index (κ2) is 1.49. The third-order valence-corrected chi connectivity index (χ3v) is 2.68. The van der Waals surface area contributed by atoms with Crippen LogP contribution in [-0.2, 0) is 0 Å². The Kier molecular flexibility index (Phi) is 0.902. The van der Waals surface area contributed by atoms with Crippen molar-refractivity contribution in [2.75, 3.05) is 0 Å². The van der Waals surface area contributed by atoms with Crippen molar-refractivity contribution in [3.05, 3.63) is 6.42 Å². The summed E-state index contributed by atoms with van der Waals surface area (Å²) < 4.78 is 0. The van der Waals surface area contributed by atoms with E-state index in [1.165, 1.54) is 19.3 Å². The lowest BCUT2D eigenvalue weighted by Gasteiger charge is -2.14. The lowest BCUT2D eigenvalue weighted by molar-refractivity contribution is 0.430. The number of hydrogen-bond donors (Lipinski definition) is 0. The van der Waals surface area contributed by atoms with Gasteiger partial charge in [0.1, 0.15) is 0 Å². The van der Waals surface area contributed by atoms with Gasteiger partial charge in [0.2, 0.25) is 0 Å². The summed E-state index contributed by atoms with van der Waals surface area (Å²) >= 11 is 0. The Morgan fingerprint density at radius 3 is 2.50 bits per heavy atom. The zero-order valence-corrected chi connectivity index (χ0v) is 5.35. The summed E-state index contributed by atoms with van der Waals surface area (Å²) in [6.45, 7) is 2.31. The molecular formula is C8H12. The van der Waals surface area contributed by atoms with Crippen LogP contribution in [0, 0.1) is 24.2 Å². The van der Waals surface area contributed by atoms with Gasteiger partial charge in [-0.3, -0.25) is 0 Å². The highest BCUT2D eigenvalue weighted by Crippen LogP contribution is 2.47. The maximum absolute atomic E-state index is 3.55. The van der Waals surface area contributed by atoms with E-state index in [0.29, 0.717) is 0 Å². The molecule has 0 amide bonds. The number of fused-ring (bicyclic) bond motifs is 2. The Labute approximate surface area is 51.3 Å². The van der Waals surface area contributed by atoms with Crippen LogP contribution in [0.2, 0.25) is 0 Å². The molecule has 0 nitrogen and oxygen atoms in total. The fourth-order valence-electron chi connectivity index (χ4n) is 2.13. The standard InChI is InChI=1S/C8H12/c1-6-4-7-2-3-8(6)5-7/h6-8H,2-3,5H2,1H3. The van der Waals surface area contributed by atoms with Gasteiger partial charge in [0.15, 0.2) is 0 Å². The summed E-state index contributed by atoms with van der Waals surface area (Å²) in [5, 5.41) is 0. The highest BCUT2D eigenvalue weighted by atomic mass is 14.4. The van der Waals surface area contributed by atoms with Crippen molar-refractivity contribution in [2.24, 2.45) is 17.8 Å². The molecule has 0 spiro atoms. The molecule has 0 aliphatic heterocycles. The first-order valence-corrected chi connectivity index (χ1v) is 3.62. The molecule has 2 rings (SSSR count). The fourth-order valence-corrected chi connectivity index (χ4v) is 2.13. The Morgan fingerprint density at radius 1 is 1.38 bits per heavy atom. The largest absolute Gasteiger partial charge is 0.0617 e. The van der Waals surface area contributed by atoms with Crippen molar-refractivity contribution >= 4 is 0 Å². The number of rotatable bonds is 0. The molecule has 0 heteroatoms. The minimum atomic E-state index is 0.828. The van der Waals surface area contributed by atoms with Crippen LogP contribution in [0.4, 0.5) is 0 Å². The van der Waals surface area contributed by atoms with E-state index in [0.717, 1.165) is 17.8 Å². The van der Waals surface area contributed by atoms with Gasteiger partial charge < -0.3 is 0 Å². The van der Waals surface area contributed by atoms with E-state index in [2.05, 4.69) is 13.3 Å². The molecule has 2 radical (unpaired) electrons. The summed E-state index contributed by atoms with van der Waals surface area (Å²) in [6, 6.07) is 0. The predicted molar refractivity (Wildman–Crippen MR) is 33.2 cm³/mol. The van der Waals surface area contributed by atoms with Gasteiger partial charge in [-0.15, -0.1) is 0 Å². The minimum Gasteiger partial charge on any atom is -0.0617 e. The molecule has 0 N–H and O–H groups in total. The van der Waals surface area contributed by atoms with Gasteiger partial charge >= 0.3 is 0 Å². The minimum absolute atomic E-state index is 0.828. The van der Waals surface area contributed by atoms with Crippen LogP contribution in [-0.4, -0.2) is 0 Å². The van der Waals surface area contributed by atoms with Crippen LogP contribution in [0.5, 0.6) is 0 Å². The third-order valence-electron chi connectivity index (χ3n) is 2.68. The summed E-state index contributed by atoms with van der Waals surface area (Å²) in [5.74, 6) is 2.75. The molecule has 0 saturated heterocycles. The summed E-state index contributed by atoms with van der Waals surface area (Å²) in [5.41, 5.74) is 0. The van der Waals surface area contributed by atoms with Gasteiger partial charge in [0, 0.05) is 0 Å². The van der Waals surface area contributed by atoms with E-state index >= 15 is 0 Å². The van der Waals surface area contributed by atoms with E-state index in [1.807, 2.05) is 0 Å². The molecule has 44 valence electrons. The smallest absolute Gasteiger partial charge is 0.0106 e. The molecule has 2 bridgehead atoms. The predicted octanol–water partition coefficient (Wildman–Crippen LogP) is 2.13. The van der Waals surface area contributed by atoms with Crippen molar-refractivity contribution in [3.8, 4) is 0 Å². The molecule has 3 unspecified atom stereocenters. The Hall–Kier alpha value is 0. The van der Waals surface area contributed by atoms with E-state index in [-0.39, 0.29) is 0 Å². The molecule has 2 saturated carbocycles. The fraction of sp³-hybridized carbons (Fsp3) is 0.875. The Bertz CT molecular complexity index is 94.2. The van der Waals surface area contributed by atoms with Crippen molar-refractivity contribution in [3.63, 3.8) is 0 Å². The van der Waals surface area contributed by atoms with Crippen LogP contribution >= 0.6 is 0 Å². The first kappa shape index (κ1) is 4.84. The third kappa shape index (κ3) is 0.519. The zero-order valence-electron chi connectivity index (χ0n) is 5.35. The van der Waals surface area contributed by atoms with E-state index < -0.39 is 0 Å². The van der Waals surface area contributed by atoms with Gasteiger partial charge in [-0.1, -0.05) is 6.92 Å². The quantitative estimate of drug-likeness (QED) is 0.446. The van der Waals surface area contributed by atoms with Crippen LogP contribution in [0.1, 0.15) is 26.2 Å². The van der Waals surface area contributed by atoms with Gasteiger partial charge in [-0.2, -0.15) is 0 Å². The summed E-state index contributed by atoms with van der Waals surface area (Å²) in [6.07, 6.45) is 7.94. The van der Waals surface area contributed by atoms with E-state index in [9.17, 15) is 0 Å². The van der Waals surface area contributed by atoms with Gasteiger partial charge in [-0.25, -0.2) is 0 Å². The molecule has 0 aromatic rings. The first-order chi connectivity index (χ1) is 3.86. The molecule has 2 aliphatic carbocycles. The molecule has 0 aromatic carbocycles. The molecule has 0 aromatic heterocycles. The molecule has 0 heterocycles. The summed E-state index contributed by atoms with van der Waals surface area (Å²) in [7, 11) is 0. The Balaban J connectivity index is 2.11. The van der Waals surface area contributed by atoms with Crippen molar-refractivity contribution in [1.29, 1.82) is 0 Å². The highest BCUT2D eigenvalue weighted by Gasteiger charge is 2.37. The summed E-state index contributed by atoms with van der Waals surface area (Å²) in [4.78, 5) is 0. The lowest BCUT2D eigenvalue weighted by atomic mass is 9.91. The van der Waals surface area contributed by atoms with Crippen LogP contribution in [0.15, 0.2) is 0 Å². The van der Waals surface area contributed by atoms with Crippen LogP contribution < -0.4 is 0 Å². The number of hydrogen-bond acceptors (Lipinski definition) is 0. The molecular weight excluding hydrogens is 96.1 g/mol. The second-order valence-electron chi connectivity index (χ2n) is 3.23. The van der Waals surface area contributed by atoms with Crippen LogP contribution in [0.25, 0.3) is 0 Å². The SMILES string of the molecule is CC1[C]C2CCC1C2. The topological polar surface area (TPSA) is 0 Å². The highest BCUT2D eigenvalue weighted by molar-refractivity contribution is 4.99. The Morgan fingerprint density at radius 2 is 2.25 bits per heavy atom. The maximum Gasteiger partial charge on any atom is -0.0106 e. The van der Waals surface area contributed by atoms with Gasteiger partial charge in [0.05, 0.1) is 0 Å².